The van der Waals surface area contributed by atoms with E-state index in [1.807, 2.05) is 31.2 Å². The largest absolute Gasteiger partial charge is 0.351 e. The molecule has 0 aliphatic heterocycles. The molecular formula is C18H18F2N2O2. The normalized spacial score (nSPS) is 10.3. The minimum absolute atomic E-state index is 0.0457. The molecule has 0 aliphatic rings. The summed E-state index contributed by atoms with van der Waals surface area (Å²) in [5, 5.41) is 5.14. The molecule has 0 spiro atoms. The van der Waals surface area contributed by atoms with E-state index in [2.05, 4.69) is 10.6 Å². The molecule has 0 saturated heterocycles. The predicted octanol–water partition coefficient (Wildman–Crippen LogP) is 3.29. The van der Waals surface area contributed by atoms with Gasteiger partial charge >= 0.3 is 0 Å². The number of halogens is 2. The maximum absolute atomic E-state index is 13.5. The highest BCUT2D eigenvalue weighted by Gasteiger charge is 2.12. The average Bonchev–Trinajstić information content (AvgIpc) is 2.55. The lowest BCUT2D eigenvalue weighted by molar-refractivity contribution is -0.116. The Morgan fingerprint density at radius 2 is 1.75 bits per heavy atom. The zero-order valence-electron chi connectivity index (χ0n) is 13.2. The third-order valence-corrected chi connectivity index (χ3v) is 3.46. The van der Waals surface area contributed by atoms with Gasteiger partial charge in [-0.05, 0) is 36.2 Å². The standard InChI is InChI=1S/C18H18F2N2O2/c1-2-12-3-6-14(7-4-12)22-17(23)9-10-21-18(24)15-8-5-13(19)11-16(15)20/h3-8,11H,2,9-10H2,1H3,(H,21,24)(H,22,23). The summed E-state index contributed by atoms with van der Waals surface area (Å²) in [6.45, 7) is 2.09. The second-order valence-corrected chi connectivity index (χ2v) is 5.23. The first kappa shape index (κ1) is 17.6. The summed E-state index contributed by atoms with van der Waals surface area (Å²) >= 11 is 0. The van der Waals surface area contributed by atoms with Crippen molar-refractivity contribution in [2.45, 2.75) is 19.8 Å². The van der Waals surface area contributed by atoms with Gasteiger partial charge in [-0.2, -0.15) is 0 Å². The Bertz CT molecular complexity index is 730. The molecule has 0 atom stereocenters. The molecule has 2 rings (SSSR count). The summed E-state index contributed by atoms with van der Waals surface area (Å²) in [6.07, 6.45) is 0.963. The zero-order chi connectivity index (χ0) is 17.5. The first-order valence-corrected chi connectivity index (χ1v) is 7.61. The van der Waals surface area contributed by atoms with Gasteiger partial charge in [0, 0.05) is 24.7 Å². The van der Waals surface area contributed by atoms with Gasteiger partial charge in [0.1, 0.15) is 11.6 Å². The summed E-state index contributed by atoms with van der Waals surface area (Å²) in [4.78, 5) is 23.6. The summed E-state index contributed by atoms with van der Waals surface area (Å²) < 4.78 is 26.3. The Labute approximate surface area is 138 Å². The quantitative estimate of drug-likeness (QED) is 0.853. The number of hydrogen-bond acceptors (Lipinski definition) is 2. The van der Waals surface area contributed by atoms with Crippen molar-refractivity contribution in [3.8, 4) is 0 Å². The lowest BCUT2D eigenvalue weighted by Gasteiger charge is -2.08. The lowest BCUT2D eigenvalue weighted by Crippen LogP contribution is -2.28. The topological polar surface area (TPSA) is 58.2 Å². The van der Waals surface area contributed by atoms with E-state index < -0.39 is 17.5 Å². The van der Waals surface area contributed by atoms with Gasteiger partial charge in [-0.3, -0.25) is 9.59 Å². The van der Waals surface area contributed by atoms with Gasteiger partial charge in [-0.1, -0.05) is 19.1 Å². The number of rotatable bonds is 6. The van der Waals surface area contributed by atoms with Crippen molar-refractivity contribution in [1.29, 1.82) is 0 Å². The van der Waals surface area contributed by atoms with Crippen LogP contribution in [0.5, 0.6) is 0 Å². The van der Waals surface area contributed by atoms with Crippen LogP contribution >= 0.6 is 0 Å². The first-order valence-electron chi connectivity index (χ1n) is 7.61. The molecule has 24 heavy (non-hydrogen) atoms. The summed E-state index contributed by atoms with van der Waals surface area (Å²) in [5.74, 6) is -2.64. The van der Waals surface area contributed by atoms with Gasteiger partial charge in [0.25, 0.3) is 5.91 Å². The first-order chi connectivity index (χ1) is 11.5. The Morgan fingerprint density at radius 3 is 2.38 bits per heavy atom. The molecule has 2 aromatic carbocycles. The van der Waals surface area contributed by atoms with E-state index in [1.54, 1.807) is 0 Å². The molecule has 0 radical (unpaired) electrons. The Hall–Kier alpha value is -2.76. The van der Waals surface area contributed by atoms with Crippen LogP contribution in [-0.4, -0.2) is 18.4 Å². The van der Waals surface area contributed by atoms with Crippen LogP contribution in [-0.2, 0) is 11.2 Å². The van der Waals surface area contributed by atoms with Crippen LogP contribution in [0.15, 0.2) is 42.5 Å². The van der Waals surface area contributed by atoms with Crippen LogP contribution < -0.4 is 10.6 Å². The van der Waals surface area contributed by atoms with E-state index >= 15 is 0 Å². The highest BCUT2D eigenvalue weighted by Crippen LogP contribution is 2.11. The van der Waals surface area contributed by atoms with Gasteiger partial charge in [0.15, 0.2) is 0 Å². The Balaban J connectivity index is 1.80. The fourth-order valence-electron chi connectivity index (χ4n) is 2.11. The number of nitrogens with one attached hydrogen (secondary N) is 2. The highest BCUT2D eigenvalue weighted by atomic mass is 19.1. The van der Waals surface area contributed by atoms with Crippen LogP contribution in [0.4, 0.5) is 14.5 Å². The maximum atomic E-state index is 13.5. The molecule has 0 fully saturated rings. The van der Waals surface area contributed by atoms with Crippen LogP contribution in [0.25, 0.3) is 0 Å². The summed E-state index contributed by atoms with van der Waals surface area (Å²) in [7, 11) is 0. The second kappa shape index (κ2) is 8.19. The zero-order valence-corrected chi connectivity index (χ0v) is 13.2. The average molecular weight is 332 g/mol. The van der Waals surface area contributed by atoms with E-state index in [9.17, 15) is 18.4 Å². The molecule has 0 heterocycles. The van der Waals surface area contributed by atoms with E-state index in [0.29, 0.717) is 11.8 Å². The molecule has 2 aromatic rings. The van der Waals surface area contributed by atoms with E-state index in [0.717, 1.165) is 18.6 Å². The molecule has 6 heteroatoms. The predicted molar refractivity (Wildman–Crippen MR) is 87.8 cm³/mol. The van der Waals surface area contributed by atoms with Gasteiger partial charge < -0.3 is 10.6 Å². The lowest BCUT2D eigenvalue weighted by atomic mass is 10.1. The van der Waals surface area contributed by atoms with Crippen LogP contribution in [0.2, 0.25) is 0 Å². The van der Waals surface area contributed by atoms with Gasteiger partial charge in [-0.15, -0.1) is 0 Å². The smallest absolute Gasteiger partial charge is 0.254 e. The van der Waals surface area contributed by atoms with Gasteiger partial charge in [0.2, 0.25) is 5.91 Å². The molecule has 126 valence electrons. The van der Waals surface area contributed by atoms with Gasteiger partial charge in [-0.25, -0.2) is 8.78 Å². The van der Waals surface area contributed by atoms with Crippen molar-refractivity contribution in [2.75, 3.05) is 11.9 Å². The van der Waals surface area contributed by atoms with Crippen LogP contribution in [0.3, 0.4) is 0 Å². The van der Waals surface area contributed by atoms with Gasteiger partial charge in [0.05, 0.1) is 5.56 Å². The molecule has 0 unspecified atom stereocenters. The molecule has 4 nitrogen and oxygen atoms in total. The molecule has 2 N–H and O–H groups in total. The number of benzene rings is 2. The third kappa shape index (κ3) is 4.87. The number of aryl methyl sites for hydroxylation is 1. The SMILES string of the molecule is CCc1ccc(NC(=O)CCNC(=O)c2ccc(F)cc2F)cc1. The molecule has 2 amide bonds. The highest BCUT2D eigenvalue weighted by molar-refractivity contribution is 5.95. The van der Waals surface area contributed by atoms with Crippen molar-refractivity contribution in [2.24, 2.45) is 0 Å². The van der Waals surface area contributed by atoms with E-state index in [1.165, 1.54) is 5.56 Å². The molecule has 0 bridgehead atoms. The minimum atomic E-state index is -0.937. The minimum Gasteiger partial charge on any atom is -0.351 e. The third-order valence-electron chi connectivity index (χ3n) is 3.46. The maximum Gasteiger partial charge on any atom is 0.254 e. The Kier molecular flexibility index (Phi) is 6.01. The molecule has 0 aliphatic carbocycles. The second-order valence-electron chi connectivity index (χ2n) is 5.23. The fourth-order valence-corrected chi connectivity index (χ4v) is 2.11. The van der Waals surface area contributed by atoms with E-state index in [-0.39, 0.29) is 24.4 Å². The van der Waals surface area contributed by atoms with Crippen molar-refractivity contribution >= 4 is 17.5 Å². The fraction of sp³-hybridized carbons (Fsp3) is 0.222. The van der Waals surface area contributed by atoms with Crippen molar-refractivity contribution in [3.63, 3.8) is 0 Å². The monoisotopic (exact) mass is 332 g/mol. The number of anilines is 1. The summed E-state index contributed by atoms with van der Waals surface area (Å²) in [5.41, 5.74) is 1.58. The van der Waals surface area contributed by atoms with Crippen molar-refractivity contribution in [1.82, 2.24) is 5.32 Å². The number of amides is 2. The number of carbonyl (C=O) groups excluding carboxylic acids is 2. The van der Waals surface area contributed by atoms with Crippen molar-refractivity contribution < 1.29 is 18.4 Å². The molecular weight excluding hydrogens is 314 g/mol. The number of hydrogen-bond donors (Lipinski definition) is 2. The Morgan fingerprint density at radius 1 is 1.04 bits per heavy atom. The van der Waals surface area contributed by atoms with Crippen molar-refractivity contribution in [3.05, 3.63) is 65.2 Å². The molecule has 0 aromatic heterocycles. The summed E-state index contributed by atoms with van der Waals surface area (Å²) in [6, 6.07) is 10.2. The van der Waals surface area contributed by atoms with Crippen LogP contribution in [0, 0.1) is 11.6 Å². The van der Waals surface area contributed by atoms with E-state index in [4.69, 9.17) is 0 Å². The van der Waals surface area contributed by atoms with Crippen LogP contribution in [0.1, 0.15) is 29.3 Å². The number of carbonyl (C=O) groups is 2. The molecule has 0 saturated carbocycles.